The van der Waals surface area contributed by atoms with E-state index < -0.39 is 0 Å². The minimum atomic E-state index is 0.652. The van der Waals surface area contributed by atoms with Crippen LogP contribution in [0.1, 0.15) is 5.56 Å². The van der Waals surface area contributed by atoms with Crippen LogP contribution in [0.5, 0.6) is 0 Å². The fraction of sp³-hybridized carbons (Fsp3) is 0.182. The van der Waals surface area contributed by atoms with Crippen molar-refractivity contribution in [3.63, 3.8) is 0 Å². The summed E-state index contributed by atoms with van der Waals surface area (Å²) >= 11 is 7.37. The third-order valence-corrected chi connectivity index (χ3v) is 3.46. The number of halogens is 1. The lowest BCUT2D eigenvalue weighted by molar-refractivity contribution is 0.767. The van der Waals surface area contributed by atoms with Crippen LogP contribution in [0.25, 0.3) is 11.0 Å². The molecule has 2 aromatic heterocycles. The van der Waals surface area contributed by atoms with Gasteiger partial charge in [0.1, 0.15) is 11.0 Å². The van der Waals surface area contributed by atoms with Gasteiger partial charge in [0, 0.05) is 25.4 Å². The van der Waals surface area contributed by atoms with Gasteiger partial charge in [-0.15, -0.1) is 0 Å². The molecule has 0 spiro atoms. The maximum Gasteiger partial charge on any atom is 0.129 e. The first-order valence-electron chi connectivity index (χ1n) is 5.36. The molecule has 0 atom stereocenters. The van der Waals surface area contributed by atoms with E-state index in [0.717, 1.165) is 22.3 Å². The Hall–Kier alpha value is -1.66. The molecule has 0 aliphatic carbocycles. The second-order valence-corrected chi connectivity index (χ2v) is 4.87. The zero-order valence-corrected chi connectivity index (χ0v) is 11.2. The van der Waals surface area contributed by atoms with Gasteiger partial charge in [-0.05, 0) is 12.1 Å². The van der Waals surface area contributed by atoms with Crippen molar-refractivity contribution in [2.75, 3.05) is 5.32 Å². The summed E-state index contributed by atoms with van der Waals surface area (Å²) in [5, 5.41) is 8.06. The molecule has 92 valence electrons. The van der Waals surface area contributed by atoms with Crippen LogP contribution < -0.4 is 5.32 Å². The summed E-state index contributed by atoms with van der Waals surface area (Å²) in [6, 6.07) is 3.70. The highest BCUT2D eigenvalue weighted by Gasteiger charge is 2.09. The van der Waals surface area contributed by atoms with Crippen molar-refractivity contribution in [2.24, 2.45) is 7.05 Å². The van der Waals surface area contributed by atoms with E-state index in [2.05, 4.69) is 19.2 Å². The number of benzene rings is 1. The van der Waals surface area contributed by atoms with Gasteiger partial charge in [0.15, 0.2) is 0 Å². The fourth-order valence-electron chi connectivity index (χ4n) is 1.75. The SMILES string of the molecule is Cn1cc(CNc2c(Cl)ccc3nsnc23)cn1. The molecule has 0 radical (unpaired) electrons. The van der Waals surface area contributed by atoms with Gasteiger partial charge in [-0.1, -0.05) is 11.6 Å². The zero-order valence-electron chi connectivity index (χ0n) is 9.59. The highest BCUT2D eigenvalue weighted by atomic mass is 35.5. The molecule has 0 bridgehead atoms. The number of hydrogen-bond donors (Lipinski definition) is 1. The molecular weight excluding hydrogens is 270 g/mol. The van der Waals surface area contributed by atoms with E-state index in [1.54, 1.807) is 4.68 Å². The summed E-state index contributed by atoms with van der Waals surface area (Å²) in [5.41, 5.74) is 3.59. The lowest BCUT2D eigenvalue weighted by atomic mass is 10.2. The number of hydrogen-bond acceptors (Lipinski definition) is 5. The molecule has 0 amide bonds. The molecule has 0 saturated heterocycles. The van der Waals surface area contributed by atoms with Crippen LogP contribution in [0.2, 0.25) is 5.02 Å². The van der Waals surface area contributed by atoms with Gasteiger partial charge in [-0.2, -0.15) is 13.8 Å². The molecule has 18 heavy (non-hydrogen) atoms. The van der Waals surface area contributed by atoms with Gasteiger partial charge < -0.3 is 5.32 Å². The van der Waals surface area contributed by atoms with E-state index in [9.17, 15) is 0 Å². The number of nitrogens with zero attached hydrogens (tertiary/aromatic N) is 4. The van der Waals surface area contributed by atoms with Crippen LogP contribution in [0, 0.1) is 0 Å². The van der Waals surface area contributed by atoms with Crippen molar-refractivity contribution in [2.45, 2.75) is 6.54 Å². The molecule has 3 aromatic rings. The Labute approximate surface area is 113 Å². The van der Waals surface area contributed by atoms with Gasteiger partial charge >= 0.3 is 0 Å². The Morgan fingerprint density at radius 2 is 2.28 bits per heavy atom. The summed E-state index contributed by atoms with van der Waals surface area (Å²) in [6.07, 6.45) is 3.78. The molecule has 1 N–H and O–H groups in total. The predicted octanol–water partition coefficient (Wildman–Crippen LogP) is 2.69. The summed E-state index contributed by atoms with van der Waals surface area (Å²) < 4.78 is 10.2. The Morgan fingerprint density at radius 1 is 1.39 bits per heavy atom. The van der Waals surface area contributed by atoms with Gasteiger partial charge in [0.05, 0.1) is 28.6 Å². The second kappa shape index (κ2) is 4.55. The number of nitrogens with one attached hydrogen (secondary N) is 1. The topological polar surface area (TPSA) is 55.6 Å². The summed E-state index contributed by atoms with van der Waals surface area (Å²) in [4.78, 5) is 0. The van der Waals surface area contributed by atoms with Gasteiger partial charge in [-0.25, -0.2) is 0 Å². The molecule has 2 heterocycles. The molecule has 5 nitrogen and oxygen atoms in total. The molecular formula is C11H10ClN5S. The van der Waals surface area contributed by atoms with Crippen LogP contribution in [0.15, 0.2) is 24.5 Å². The van der Waals surface area contributed by atoms with Crippen molar-refractivity contribution < 1.29 is 0 Å². The highest BCUT2D eigenvalue weighted by molar-refractivity contribution is 7.00. The average Bonchev–Trinajstić information content (AvgIpc) is 2.96. The van der Waals surface area contributed by atoms with Gasteiger partial charge in [0.25, 0.3) is 0 Å². The number of fused-ring (bicyclic) bond motifs is 1. The van der Waals surface area contributed by atoms with E-state index in [4.69, 9.17) is 11.6 Å². The maximum atomic E-state index is 6.19. The van der Waals surface area contributed by atoms with Crippen molar-refractivity contribution in [3.8, 4) is 0 Å². The molecule has 1 aromatic carbocycles. The first-order valence-corrected chi connectivity index (χ1v) is 6.47. The zero-order chi connectivity index (χ0) is 12.5. The molecule has 0 fully saturated rings. The normalized spacial score (nSPS) is 11.0. The number of aromatic nitrogens is 4. The Morgan fingerprint density at radius 3 is 3.06 bits per heavy atom. The quantitative estimate of drug-likeness (QED) is 0.801. The number of anilines is 1. The highest BCUT2D eigenvalue weighted by Crippen LogP contribution is 2.30. The molecule has 0 unspecified atom stereocenters. The first-order chi connectivity index (χ1) is 8.74. The standard InChI is InChI=1S/C11H10ClN5S/c1-17-6-7(5-14-17)4-13-10-8(12)2-3-9-11(10)16-18-15-9/h2-3,5-6,13H,4H2,1H3. The Balaban J connectivity index is 1.89. The van der Waals surface area contributed by atoms with Crippen LogP contribution in [0.4, 0.5) is 5.69 Å². The largest absolute Gasteiger partial charge is 0.378 e. The van der Waals surface area contributed by atoms with Crippen molar-refractivity contribution in [3.05, 3.63) is 35.1 Å². The second-order valence-electron chi connectivity index (χ2n) is 3.93. The Kier molecular flexibility index (Phi) is 2.89. The van der Waals surface area contributed by atoms with E-state index >= 15 is 0 Å². The minimum Gasteiger partial charge on any atom is -0.378 e. The maximum absolute atomic E-state index is 6.19. The van der Waals surface area contributed by atoms with E-state index in [-0.39, 0.29) is 0 Å². The molecule has 0 aliphatic heterocycles. The molecule has 0 aliphatic rings. The van der Waals surface area contributed by atoms with Crippen molar-refractivity contribution >= 4 is 40.0 Å². The van der Waals surface area contributed by atoms with E-state index in [0.29, 0.717) is 11.6 Å². The van der Waals surface area contributed by atoms with E-state index in [1.807, 2.05) is 31.6 Å². The third-order valence-electron chi connectivity index (χ3n) is 2.60. The smallest absolute Gasteiger partial charge is 0.129 e. The van der Waals surface area contributed by atoms with Crippen molar-refractivity contribution in [1.82, 2.24) is 18.5 Å². The van der Waals surface area contributed by atoms with Crippen LogP contribution in [0.3, 0.4) is 0 Å². The minimum absolute atomic E-state index is 0.652. The van der Waals surface area contributed by atoms with Gasteiger partial charge in [0.2, 0.25) is 0 Å². The summed E-state index contributed by atoms with van der Waals surface area (Å²) in [5.74, 6) is 0. The average molecular weight is 280 g/mol. The lowest BCUT2D eigenvalue weighted by Crippen LogP contribution is -2.00. The number of rotatable bonds is 3. The summed E-state index contributed by atoms with van der Waals surface area (Å²) in [6.45, 7) is 0.657. The van der Waals surface area contributed by atoms with Crippen LogP contribution in [-0.2, 0) is 13.6 Å². The number of aryl methyl sites for hydroxylation is 1. The third kappa shape index (κ3) is 2.04. The molecule has 0 saturated carbocycles. The van der Waals surface area contributed by atoms with Gasteiger partial charge in [-0.3, -0.25) is 4.68 Å². The van der Waals surface area contributed by atoms with Crippen molar-refractivity contribution in [1.29, 1.82) is 0 Å². The predicted molar refractivity (Wildman–Crippen MR) is 73.0 cm³/mol. The van der Waals surface area contributed by atoms with Crippen LogP contribution >= 0.6 is 23.3 Å². The van der Waals surface area contributed by atoms with E-state index in [1.165, 1.54) is 11.7 Å². The first kappa shape index (κ1) is 11.4. The summed E-state index contributed by atoms with van der Waals surface area (Å²) in [7, 11) is 1.89. The fourth-order valence-corrected chi connectivity index (χ4v) is 2.51. The monoisotopic (exact) mass is 279 g/mol. The molecule has 7 heteroatoms. The van der Waals surface area contributed by atoms with Crippen LogP contribution in [-0.4, -0.2) is 18.5 Å². The molecule has 3 rings (SSSR count). The lowest BCUT2D eigenvalue weighted by Gasteiger charge is -2.07. The Bertz CT molecular complexity index is 690.